The smallest absolute Gasteiger partial charge is 0.329 e. The van der Waals surface area contributed by atoms with E-state index in [-0.39, 0.29) is 6.04 Å². The second kappa shape index (κ2) is 12.3. The Kier molecular flexibility index (Phi) is 11.1. The molecule has 8 heteroatoms. The van der Waals surface area contributed by atoms with Crippen LogP contribution >= 0.6 is 0 Å². The molecule has 0 bridgehead atoms. The van der Waals surface area contributed by atoms with Crippen molar-refractivity contribution in [2.45, 2.75) is 72.5 Å². The van der Waals surface area contributed by atoms with Crippen molar-refractivity contribution in [3.05, 3.63) is 48.8 Å². The van der Waals surface area contributed by atoms with E-state index in [0.29, 0.717) is 6.42 Å². The second-order valence-electron chi connectivity index (χ2n) is 9.81. The Balaban J connectivity index is 0.000000968. The van der Waals surface area contributed by atoms with Crippen molar-refractivity contribution in [3.8, 4) is 0 Å². The van der Waals surface area contributed by atoms with Crippen LogP contribution in [-0.2, 0) is 9.53 Å². The molecule has 1 saturated heterocycles. The van der Waals surface area contributed by atoms with Gasteiger partial charge in [-0.25, -0.2) is 14.5 Å². The number of allylic oxidation sites excluding steroid dienone is 4. The number of likely N-dealkylation sites (N-methyl/N-ethyl adjacent to an activating group) is 1. The summed E-state index contributed by atoms with van der Waals surface area (Å²) >= 11 is 0. The monoisotopic (exact) mass is 462 g/mol. The highest BCUT2D eigenvalue weighted by molar-refractivity contribution is 5.98. The van der Waals surface area contributed by atoms with Gasteiger partial charge in [-0.05, 0) is 39.5 Å². The van der Waals surface area contributed by atoms with Gasteiger partial charge in [0.15, 0.2) is 0 Å². The minimum absolute atomic E-state index is 0.229. The summed E-state index contributed by atoms with van der Waals surface area (Å²) in [5, 5.41) is 2.64. The van der Waals surface area contributed by atoms with Gasteiger partial charge in [0.25, 0.3) is 0 Å². The van der Waals surface area contributed by atoms with E-state index in [1.54, 1.807) is 26.0 Å². The van der Waals surface area contributed by atoms with Crippen molar-refractivity contribution >= 4 is 18.0 Å². The van der Waals surface area contributed by atoms with Crippen LogP contribution in [0.25, 0.3) is 0 Å². The standard InChI is InChI=1S/C17H26N4O3.C4H8O.C4H8/c1-16(2,3)12(13(18)22)19-14(23)21-15(24)20(5)11-9-7-6-8-10-17(11,21)4;1-4(2)5-3;1-4(2)3/h6-9,11-12H,10H2,1-5H3,(H2,18,22)(H,19,23);1H2,2-3H3;1H2,2-3H3/t11?,12-,17?;;/m1../s1. The first-order chi connectivity index (χ1) is 15.0. The predicted octanol–water partition coefficient (Wildman–Crippen LogP) is 4.36. The van der Waals surface area contributed by atoms with E-state index in [4.69, 9.17) is 5.73 Å². The molecule has 1 heterocycles. The van der Waals surface area contributed by atoms with Gasteiger partial charge in [0.1, 0.15) is 6.04 Å². The van der Waals surface area contributed by atoms with Crippen LogP contribution in [0.5, 0.6) is 0 Å². The van der Waals surface area contributed by atoms with Gasteiger partial charge in [-0.3, -0.25) is 4.79 Å². The number of imide groups is 1. The third-order valence-electron chi connectivity index (χ3n) is 5.10. The van der Waals surface area contributed by atoms with Gasteiger partial charge in [-0.1, -0.05) is 57.2 Å². The van der Waals surface area contributed by atoms with E-state index >= 15 is 0 Å². The molecule has 3 N–H and O–H groups in total. The first-order valence-electron chi connectivity index (χ1n) is 10.8. The number of rotatable bonds is 3. The minimum Gasteiger partial charge on any atom is -0.502 e. The zero-order chi connectivity index (χ0) is 26.1. The first-order valence-corrected chi connectivity index (χ1v) is 10.8. The molecule has 1 aliphatic carbocycles. The summed E-state index contributed by atoms with van der Waals surface area (Å²) in [4.78, 5) is 40.0. The van der Waals surface area contributed by atoms with Crippen LogP contribution in [0.3, 0.4) is 0 Å². The van der Waals surface area contributed by atoms with Crippen LogP contribution < -0.4 is 11.1 Å². The Bertz CT molecular complexity index is 806. The fourth-order valence-electron chi connectivity index (χ4n) is 3.37. The van der Waals surface area contributed by atoms with Crippen molar-refractivity contribution in [1.29, 1.82) is 0 Å². The number of fused-ring (bicyclic) bond motifs is 1. The van der Waals surface area contributed by atoms with Crippen LogP contribution in [0.15, 0.2) is 48.8 Å². The molecule has 0 aromatic heterocycles. The summed E-state index contributed by atoms with van der Waals surface area (Å²) in [6, 6.07) is -2.09. The number of nitrogens with two attached hydrogens (primary N) is 1. The zero-order valence-electron chi connectivity index (χ0n) is 21.7. The topological polar surface area (TPSA) is 105 Å². The number of hydrogen-bond acceptors (Lipinski definition) is 4. The summed E-state index contributed by atoms with van der Waals surface area (Å²) in [6.45, 7) is 20.1. The van der Waals surface area contributed by atoms with Gasteiger partial charge < -0.3 is 20.7 Å². The van der Waals surface area contributed by atoms with Crippen LogP contribution in [-0.4, -0.2) is 59.5 Å². The number of methoxy groups -OCH3 is 1. The number of urea groups is 2. The Labute approximate surface area is 199 Å². The van der Waals surface area contributed by atoms with Crippen LogP contribution in [0.2, 0.25) is 0 Å². The third-order valence-corrected chi connectivity index (χ3v) is 5.10. The van der Waals surface area contributed by atoms with E-state index in [0.717, 1.165) is 5.76 Å². The lowest BCUT2D eigenvalue weighted by atomic mass is 9.86. The fourth-order valence-corrected chi connectivity index (χ4v) is 3.37. The highest BCUT2D eigenvalue weighted by Crippen LogP contribution is 2.37. The molecular formula is C25H42N4O4. The van der Waals surface area contributed by atoms with Crippen molar-refractivity contribution < 1.29 is 19.1 Å². The number of carbonyl (C=O) groups is 3. The SMILES string of the molecule is C=C(C)C.C=C(C)OC.CN1C(=O)N(C(=O)N[C@H](C(N)=O)C(C)(C)C)C2(C)CC=CC=CC12. The van der Waals surface area contributed by atoms with Gasteiger partial charge in [-0.15, -0.1) is 6.58 Å². The second-order valence-corrected chi connectivity index (χ2v) is 9.81. The summed E-state index contributed by atoms with van der Waals surface area (Å²) in [5.41, 5.74) is 5.32. The fraction of sp³-hybridized carbons (Fsp3) is 0.560. The summed E-state index contributed by atoms with van der Waals surface area (Å²) in [5.74, 6) is 0.128. The normalized spacial score (nSPS) is 22.0. The van der Waals surface area contributed by atoms with Crippen LogP contribution in [0.1, 0.15) is 54.9 Å². The lowest BCUT2D eigenvalue weighted by Crippen LogP contribution is -2.60. The molecule has 186 valence electrons. The first kappa shape index (κ1) is 30.0. The lowest BCUT2D eigenvalue weighted by molar-refractivity contribution is -0.122. The number of ether oxygens (including phenoxy) is 1. The Morgan fingerprint density at radius 1 is 1.24 bits per heavy atom. The average molecular weight is 463 g/mol. The molecule has 5 amide bonds. The van der Waals surface area contributed by atoms with Crippen molar-refractivity contribution in [3.63, 3.8) is 0 Å². The van der Waals surface area contributed by atoms with Gasteiger partial charge >= 0.3 is 12.1 Å². The van der Waals surface area contributed by atoms with E-state index < -0.39 is 35.0 Å². The zero-order valence-corrected chi connectivity index (χ0v) is 21.7. The maximum Gasteiger partial charge on any atom is 0.329 e. The molecule has 1 fully saturated rings. The van der Waals surface area contributed by atoms with Gasteiger partial charge in [-0.2, -0.15) is 0 Å². The Hall–Kier alpha value is -3.03. The van der Waals surface area contributed by atoms with E-state index in [2.05, 4.69) is 23.2 Å². The van der Waals surface area contributed by atoms with Crippen LogP contribution in [0, 0.1) is 5.41 Å². The highest BCUT2D eigenvalue weighted by Gasteiger charge is 2.55. The maximum atomic E-state index is 12.8. The molecule has 33 heavy (non-hydrogen) atoms. The minimum atomic E-state index is -0.873. The summed E-state index contributed by atoms with van der Waals surface area (Å²) in [7, 11) is 3.27. The largest absolute Gasteiger partial charge is 0.502 e. The number of nitrogens with one attached hydrogen (secondary N) is 1. The van der Waals surface area contributed by atoms with Gasteiger partial charge in [0.2, 0.25) is 5.91 Å². The highest BCUT2D eigenvalue weighted by atomic mass is 16.5. The molecule has 3 atom stereocenters. The van der Waals surface area contributed by atoms with Gasteiger partial charge in [0, 0.05) is 7.05 Å². The number of carbonyl (C=O) groups excluding carboxylic acids is 3. The molecule has 2 rings (SSSR count). The quantitative estimate of drug-likeness (QED) is 0.480. The molecule has 0 spiro atoms. The molecule has 1 aliphatic heterocycles. The summed E-state index contributed by atoms with van der Waals surface area (Å²) < 4.78 is 4.56. The van der Waals surface area contributed by atoms with Crippen molar-refractivity contribution in [2.24, 2.45) is 11.1 Å². The average Bonchev–Trinajstić information content (AvgIpc) is 2.78. The number of amides is 5. The lowest BCUT2D eigenvalue weighted by Gasteiger charge is -2.36. The molecule has 0 aromatic rings. The van der Waals surface area contributed by atoms with E-state index in [9.17, 15) is 14.4 Å². The number of nitrogens with zero attached hydrogens (tertiary/aromatic N) is 2. The molecule has 2 aliphatic rings. The molecule has 0 radical (unpaired) electrons. The van der Waals surface area contributed by atoms with Gasteiger partial charge in [0.05, 0.1) is 24.4 Å². The van der Waals surface area contributed by atoms with E-state index in [1.807, 2.05) is 65.8 Å². The predicted molar refractivity (Wildman–Crippen MR) is 133 cm³/mol. The molecule has 0 saturated carbocycles. The van der Waals surface area contributed by atoms with Crippen molar-refractivity contribution in [2.75, 3.05) is 14.2 Å². The summed E-state index contributed by atoms with van der Waals surface area (Å²) in [6.07, 6.45) is 8.15. The molecular weight excluding hydrogens is 420 g/mol. The number of primary amides is 1. The molecule has 2 unspecified atom stereocenters. The van der Waals surface area contributed by atoms with Crippen molar-refractivity contribution in [1.82, 2.24) is 15.1 Å². The van der Waals surface area contributed by atoms with E-state index in [1.165, 1.54) is 10.5 Å². The van der Waals surface area contributed by atoms with Crippen LogP contribution in [0.4, 0.5) is 9.59 Å². The molecule has 0 aromatic carbocycles. The Morgan fingerprint density at radius 2 is 1.73 bits per heavy atom. The number of hydrogen-bond donors (Lipinski definition) is 2. The molecule has 8 nitrogen and oxygen atoms in total. The third kappa shape index (κ3) is 8.44. The maximum absolute atomic E-state index is 12.8. The Morgan fingerprint density at radius 3 is 2.12 bits per heavy atom.